The monoisotopic (exact) mass is 263 g/mol. The maximum Gasteiger partial charge on any atom is 0.237 e. The van der Waals surface area contributed by atoms with Crippen LogP contribution in [0.2, 0.25) is 0 Å². The molecule has 1 aliphatic heterocycles. The molecule has 0 aromatic carbocycles. The highest BCUT2D eigenvalue weighted by molar-refractivity contribution is 5.82. The van der Waals surface area contributed by atoms with E-state index in [9.17, 15) is 4.79 Å². The van der Waals surface area contributed by atoms with Crippen LogP contribution in [-0.4, -0.2) is 34.6 Å². The van der Waals surface area contributed by atoms with Gasteiger partial charge < -0.3 is 9.84 Å². The van der Waals surface area contributed by atoms with Crippen molar-refractivity contribution in [3.63, 3.8) is 0 Å². The number of carbonyl (C=O) groups excluding carboxylic acids is 1. The van der Waals surface area contributed by atoms with Crippen molar-refractivity contribution >= 4 is 5.91 Å². The van der Waals surface area contributed by atoms with Crippen LogP contribution in [0.3, 0.4) is 0 Å². The maximum absolute atomic E-state index is 12.2. The molecule has 1 amide bonds. The lowest BCUT2D eigenvalue weighted by molar-refractivity contribution is -0.125. The predicted octanol–water partition coefficient (Wildman–Crippen LogP) is 1.53. The Morgan fingerprint density at radius 1 is 1.42 bits per heavy atom. The molecule has 5 heteroatoms. The molecule has 19 heavy (non-hydrogen) atoms. The number of rotatable bonds is 4. The van der Waals surface area contributed by atoms with Gasteiger partial charge in [0.1, 0.15) is 5.76 Å². The van der Waals surface area contributed by atoms with Crippen LogP contribution in [0.1, 0.15) is 42.7 Å². The number of likely N-dealkylation sites (tertiary alicyclic amines) is 1. The number of amides is 1. The summed E-state index contributed by atoms with van der Waals surface area (Å²) >= 11 is 0. The van der Waals surface area contributed by atoms with Gasteiger partial charge in [-0.15, -0.1) is 0 Å². The summed E-state index contributed by atoms with van der Waals surface area (Å²) in [5.74, 6) is 1.07. The van der Waals surface area contributed by atoms with E-state index in [1.165, 1.54) is 0 Å². The minimum atomic E-state index is 0.0225. The van der Waals surface area contributed by atoms with Crippen molar-refractivity contribution in [1.29, 1.82) is 0 Å². The second-order valence-electron chi connectivity index (χ2n) is 5.71. The minimum Gasteiger partial charge on any atom is -0.361 e. The van der Waals surface area contributed by atoms with E-state index in [-0.39, 0.29) is 11.9 Å². The summed E-state index contributed by atoms with van der Waals surface area (Å²) in [5, 5.41) is 7.10. The number of nitrogens with zero attached hydrogens (tertiary/aromatic N) is 2. The molecule has 1 aliphatic carbocycles. The SMILES string of the molecule is Cc1noc(C)c1CN1CCC[C@@H]1C(=O)NC1CC1. The minimum absolute atomic E-state index is 0.0225. The summed E-state index contributed by atoms with van der Waals surface area (Å²) < 4.78 is 5.20. The molecule has 0 radical (unpaired) electrons. The first-order chi connectivity index (χ1) is 9.15. The smallest absolute Gasteiger partial charge is 0.237 e. The highest BCUT2D eigenvalue weighted by Gasteiger charge is 2.34. The topological polar surface area (TPSA) is 58.4 Å². The van der Waals surface area contributed by atoms with Gasteiger partial charge in [-0.05, 0) is 46.1 Å². The summed E-state index contributed by atoms with van der Waals surface area (Å²) in [7, 11) is 0. The Morgan fingerprint density at radius 2 is 2.21 bits per heavy atom. The predicted molar refractivity (Wildman–Crippen MR) is 70.6 cm³/mol. The second kappa shape index (κ2) is 4.96. The number of nitrogens with one attached hydrogen (secondary N) is 1. The van der Waals surface area contributed by atoms with Gasteiger partial charge in [-0.1, -0.05) is 5.16 Å². The van der Waals surface area contributed by atoms with Crippen LogP contribution in [-0.2, 0) is 11.3 Å². The lowest BCUT2D eigenvalue weighted by Gasteiger charge is -2.23. The molecule has 1 saturated heterocycles. The number of carbonyl (C=O) groups is 1. The highest BCUT2D eigenvalue weighted by Crippen LogP contribution is 2.25. The molecule has 1 atom stereocenters. The first kappa shape index (κ1) is 12.7. The molecule has 1 N–H and O–H groups in total. The van der Waals surface area contributed by atoms with Gasteiger partial charge in [0.2, 0.25) is 5.91 Å². The van der Waals surface area contributed by atoms with E-state index in [0.717, 1.165) is 55.8 Å². The van der Waals surface area contributed by atoms with Crippen molar-refractivity contribution in [2.24, 2.45) is 0 Å². The highest BCUT2D eigenvalue weighted by atomic mass is 16.5. The summed E-state index contributed by atoms with van der Waals surface area (Å²) in [6.07, 6.45) is 4.33. The molecular formula is C14H21N3O2. The lowest BCUT2D eigenvalue weighted by Crippen LogP contribution is -2.43. The van der Waals surface area contributed by atoms with Crippen molar-refractivity contribution in [2.75, 3.05) is 6.54 Å². The maximum atomic E-state index is 12.2. The first-order valence-electron chi connectivity index (χ1n) is 7.11. The third kappa shape index (κ3) is 2.66. The molecule has 3 rings (SSSR count). The van der Waals surface area contributed by atoms with Crippen LogP contribution < -0.4 is 5.32 Å². The number of hydrogen-bond donors (Lipinski definition) is 1. The molecule has 1 aromatic heterocycles. The summed E-state index contributed by atoms with van der Waals surface area (Å²) in [6.45, 7) is 5.64. The largest absolute Gasteiger partial charge is 0.361 e. The molecule has 2 aliphatic rings. The fourth-order valence-electron chi connectivity index (χ4n) is 2.77. The van der Waals surface area contributed by atoms with Crippen molar-refractivity contribution in [3.8, 4) is 0 Å². The molecule has 1 aromatic rings. The third-order valence-corrected chi connectivity index (χ3v) is 4.13. The van der Waals surface area contributed by atoms with Gasteiger partial charge in [0.05, 0.1) is 11.7 Å². The van der Waals surface area contributed by atoms with Crippen LogP contribution in [0, 0.1) is 13.8 Å². The van der Waals surface area contributed by atoms with E-state index >= 15 is 0 Å². The first-order valence-corrected chi connectivity index (χ1v) is 7.11. The molecule has 0 spiro atoms. The van der Waals surface area contributed by atoms with Crippen LogP contribution >= 0.6 is 0 Å². The van der Waals surface area contributed by atoms with Gasteiger partial charge in [-0.25, -0.2) is 0 Å². The Bertz CT molecular complexity index is 460. The van der Waals surface area contributed by atoms with Gasteiger partial charge in [-0.3, -0.25) is 9.69 Å². The average Bonchev–Trinajstić information content (AvgIpc) is 2.98. The quantitative estimate of drug-likeness (QED) is 0.895. The standard InChI is InChI=1S/C14H21N3O2/c1-9-12(10(2)19-16-9)8-17-7-3-4-13(17)14(18)15-11-5-6-11/h11,13H,3-8H2,1-2H3,(H,15,18)/t13-/m1/s1. The molecule has 2 fully saturated rings. The van der Waals surface area contributed by atoms with Crippen LogP contribution in [0.4, 0.5) is 0 Å². The Kier molecular flexibility index (Phi) is 3.31. The van der Waals surface area contributed by atoms with E-state index in [1.807, 2.05) is 13.8 Å². The number of aromatic nitrogens is 1. The summed E-state index contributed by atoms with van der Waals surface area (Å²) in [4.78, 5) is 14.5. The molecule has 0 unspecified atom stereocenters. The lowest BCUT2D eigenvalue weighted by atomic mass is 10.1. The van der Waals surface area contributed by atoms with Gasteiger partial charge in [0.15, 0.2) is 0 Å². The van der Waals surface area contributed by atoms with Gasteiger partial charge >= 0.3 is 0 Å². The van der Waals surface area contributed by atoms with E-state index in [2.05, 4.69) is 15.4 Å². The van der Waals surface area contributed by atoms with Crippen LogP contribution in [0.15, 0.2) is 4.52 Å². The molecule has 5 nitrogen and oxygen atoms in total. The van der Waals surface area contributed by atoms with Gasteiger partial charge in [0.25, 0.3) is 0 Å². The summed E-state index contributed by atoms with van der Waals surface area (Å²) in [6, 6.07) is 0.461. The molecule has 2 heterocycles. The van der Waals surface area contributed by atoms with E-state index < -0.39 is 0 Å². The van der Waals surface area contributed by atoms with E-state index in [0.29, 0.717) is 6.04 Å². The average molecular weight is 263 g/mol. The van der Waals surface area contributed by atoms with Gasteiger partial charge in [-0.2, -0.15) is 0 Å². The third-order valence-electron chi connectivity index (χ3n) is 4.13. The van der Waals surface area contributed by atoms with Crippen molar-refractivity contribution in [3.05, 3.63) is 17.0 Å². The zero-order valence-electron chi connectivity index (χ0n) is 11.6. The normalized spacial score (nSPS) is 23.8. The molecule has 104 valence electrons. The Balaban J connectivity index is 1.67. The fourth-order valence-corrected chi connectivity index (χ4v) is 2.77. The fraction of sp³-hybridized carbons (Fsp3) is 0.714. The Morgan fingerprint density at radius 3 is 2.84 bits per heavy atom. The Hall–Kier alpha value is -1.36. The Labute approximate surface area is 113 Å². The molecular weight excluding hydrogens is 242 g/mol. The zero-order valence-corrected chi connectivity index (χ0v) is 11.6. The number of hydrogen-bond acceptors (Lipinski definition) is 4. The summed E-state index contributed by atoms with van der Waals surface area (Å²) in [5.41, 5.74) is 2.07. The van der Waals surface area contributed by atoms with E-state index in [4.69, 9.17) is 4.52 Å². The zero-order chi connectivity index (χ0) is 13.4. The second-order valence-corrected chi connectivity index (χ2v) is 5.71. The van der Waals surface area contributed by atoms with Crippen LogP contribution in [0.25, 0.3) is 0 Å². The van der Waals surface area contributed by atoms with Crippen molar-refractivity contribution < 1.29 is 9.32 Å². The number of aryl methyl sites for hydroxylation is 2. The van der Waals surface area contributed by atoms with Crippen LogP contribution in [0.5, 0.6) is 0 Å². The van der Waals surface area contributed by atoms with Crippen molar-refractivity contribution in [1.82, 2.24) is 15.4 Å². The molecule has 1 saturated carbocycles. The van der Waals surface area contributed by atoms with Gasteiger partial charge in [0, 0.05) is 18.2 Å². The molecule has 0 bridgehead atoms. The van der Waals surface area contributed by atoms with Crippen molar-refractivity contribution in [2.45, 2.75) is 58.2 Å². The van der Waals surface area contributed by atoms with E-state index in [1.54, 1.807) is 0 Å².